The molecule has 1 aliphatic carbocycles. The molecule has 2 aliphatic rings. The van der Waals surface area contributed by atoms with Crippen molar-refractivity contribution in [3.8, 4) is 0 Å². The summed E-state index contributed by atoms with van der Waals surface area (Å²) in [5.41, 5.74) is 4.58. The van der Waals surface area contributed by atoms with Crippen LogP contribution in [0.5, 0.6) is 0 Å². The van der Waals surface area contributed by atoms with Gasteiger partial charge in [-0.3, -0.25) is 4.99 Å². The van der Waals surface area contributed by atoms with Crippen LogP contribution in [0.25, 0.3) is 0 Å². The van der Waals surface area contributed by atoms with E-state index in [0.717, 1.165) is 0 Å². The maximum atomic E-state index is 5.02. The zero-order valence-corrected chi connectivity index (χ0v) is 11.8. The van der Waals surface area contributed by atoms with Crippen LogP contribution < -0.4 is 0 Å². The molecule has 1 fully saturated rings. The number of benzene rings is 1. The second-order valence-corrected chi connectivity index (χ2v) is 6.87. The summed E-state index contributed by atoms with van der Waals surface area (Å²) < 4.78 is 0. The third-order valence-electron chi connectivity index (χ3n) is 4.52. The first-order valence-electron chi connectivity index (χ1n) is 7.23. The Hall–Kier alpha value is -1.11. The lowest BCUT2D eigenvalue weighted by atomic mass is 9.62. The molecule has 0 unspecified atom stereocenters. The van der Waals surface area contributed by atoms with Gasteiger partial charge in [-0.1, -0.05) is 58.2 Å². The molecule has 1 heteroatoms. The van der Waals surface area contributed by atoms with E-state index in [1.807, 2.05) is 0 Å². The van der Waals surface area contributed by atoms with E-state index in [1.54, 1.807) is 0 Å². The van der Waals surface area contributed by atoms with Crippen LogP contribution in [0.4, 0.5) is 5.69 Å². The Balaban J connectivity index is 2.16. The van der Waals surface area contributed by atoms with Gasteiger partial charge in [0.25, 0.3) is 0 Å². The summed E-state index contributed by atoms with van der Waals surface area (Å²) in [6.07, 6.45) is 6.68. The molecule has 1 heterocycles. The van der Waals surface area contributed by atoms with E-state index in [1.165, 1.54) is 49.1 Å². The minimum absolute atomic E-state index is 0.177. The Bertz CT molecular complexity index is 485. The number of rotatable bonds is 0. The summed E-state index contributed by atoms with van der Waals surface area (Å²) in [5.74, 6) is 0. The summed E-state index contributed by atoms with van der Waals surface area (Å²) in [7, 11) is 0. The third-order valence-corrected chi connectivity index (χ3v) is 4.52. The highest BCUT2D eigenvalue weighted by molar-refractivity contribution is 6.05. The first-order chi connectivity index (χ1) is 8.54. The summed E-state index contributed by atoms with van der Waals surface area (Å²) in [6.45, 7) is 6.94. The van der Waals surface area contributed by atoms with Crippen LogP contribution in [0.1, 0.15) is 58.4 Å². The van der Waals surface area contributed by atoms with E-state index in [-0.39, 0.29) is 10.8 Å². The number of aliphatic imine (C=N–C) groups is 1. The van der Waals surface area contributed by atoms with Gasteiger partial charge in [0, 0.05) is 16.5 Å². The molecule has 96 valence electrons. The molecule has 1 nitrogen and oxygen atoms in total. The predicted molar refractivity (Wildman–Crippen MR) is 77.8 cm³/mol. The number of para-hydroxylation sites is 1. The van der Waals surface area contributed by atoms with Gasteiger partial charge in [0.05, 0.1) is 5.69 Å². The van der Waals surface area contributed by atoms with Crippen molar-refractivity contribution in [2.75, 3.05) is 0 Å². The maximum Gasteiger partial charge on any atom is 0.0671 e. The van der Waals surface area contributed by atoms with Crippen LogP contribution >= 0.6 is 0 Å². The van der Waals surface area contributed by atoms with E-state index < -0.39 is 0 Å². The second kappa shape index (κ2) is 3.94. The fourth-order valence-electron chi connectivity index (χ4n) is 3.88. The summed E-state index contributed by atoms with van der Waals surface area (Å²) in [4.78, 5) is 5.02. The van der Waals surface area contributed by atoms with E-state index >= 15 is 0 Å². The van der Waals surface area contributed by atoms with Gasteiger partial charge in [-0.2, -0.15) is 0 Å². The van der Waals surface area contributed by atoms with Gasteiger partial charge >= 0.3 is 0 Å². The van der Waals surface area contributed by atoms with Gasteiger partial charge in [0.2, 0.25) is 0 Å². The van der Waals surface area contributed by atoms with Crippen LogP contribution in [0.3, 0.4) is 0 Å². The van der Waals surface area contributed by atoms with Gasteiger partial charge in [-0.05, 0) is 24.5 Å². The predicted octanol–water partition coefficient (Wildman–Crippen LogP) is 5.02. The van der Waals surface area contributed by atoms with Gasteiger partial charge in [-0.15, -0.1) is 0 Å². The summed E-state index contributed by atoms with van der Waals surface area (Å²) in [5, 5.41) is 0. The van der Waals surface area contributed by atoms with E-state index in [2.05, 4.69) is 45.0 Å². The quantitative estimate of drug-likeness (QED) is 0.604. The SMILES string of the molecule is CC(C)(C)C1=Nc2ccccc2C12CCCCC2. The third kappa shape index (κ3) is 1.64. The number of hydrogen-bond donors (Lipinski definition) is 0. The molecular formula is C17H23N. The molecule has 3 rings (SSSR count). The van der Waals surface area contributed by atoms with Crippen LogP contribution in [0.2, 0.25) is 0 Å². The number of fused-ring (bicyclic) bond motifs is 2. The lowest BCUT2D eigenvalue weighted by Crippen LogP contribution is -2.42. The van der Waals surface area contributed by atoms with Crippen molar-refractivity contribution < 1.29 is 0 Å². The molecule has 1 aromatic carbocycles. The molecule has 0 N–H and O–H groups in total. The normalized spacial score (nSPS) is 21.8. The van der Waals surface area contributed by atoms with Crippen molar-refractivity contribution in [1.82, 2.24) is 0 Å². The van der Waals surface area contributed by atoms with Crippen molar-refractivity contribution in [1.29, 1.82) is 0 Å². The largest absolute Gasteiger partial charge is 0.256 e. The lowest BCUT2D eigenvalue weighted by Gasteiger charge is -2.40. The van der Waals surface area contributed by atoms with Crippen molar-refractivity contribution in [2.24, 2.45) is 10.4 Å². The van der Waals surface area contributed by atoms with Crippen molar-refractivity contribution in [3.05, 3.63) is 29.8 Å². The van der Waals surface area contributed by atoms with Gasteiger partial charge in [-0.25, -0.2) is 0 Å². The summed E-state index contributed by atoms with van der Waals surface area (Å²) in [6, 6.07) is 8.79. The van der Waals surface area contributed by atoms with Crippen LogP contribution in [0, 0.1) is 5.41 Å². The molecule has 0 radical (unpaired) electrons. The van der Waals surface area contributed by atoms with Crippen LogP contribution in [0.15, 0.2) is 29.3 Å². The van der Waals surface area contributed by atoms with Crippen LogP contribution in [-0.2, 0) is 5.41 Å². The standard InChI is InChI=1S/C17H23N/c1-16(2,3)15-17(11-7-4-8-12-17)13-9-5-6-10-14(13)18-15/h5-6,9-10H,4,7-8,11-12H2,1-3H3. The molecule has 0 aromatic heterocycles. The number of nitrogens with zero attached hydrogens (tertiary/aromatic N) is 1. The molecule has 0 saturated heterocycles. The second-order valence-electron chi connectivity index (χ2n) is 6.87. The summed E-state index contributed by atoms with van der Waals surface area (Å²) >= 11 is 0. The average molecular weight is 241 g/mol. The Morgan fingerprint density at radius 1 is 1.00 bits per heavy atom. The molecular weight excluding hydrogens is 218 g/mol. The fraction of sp³-hybridized carbons (Fsp3) is 0.588. The van der Waals surface area contributed by atoms with Crippen molar-refractivity contribution >= 4 is 11.4 Å². The van der Waals surface area contributed by atoms with Crippen LogP contribution in [-0.4, -0.2) is 5.71 Å². The number of hydrogen-bond acceptors (Lipinski definition) is 1. The van der Waals surface area contributed by atoms with Crippen molar-refractivity contribution in [2.45, 2.75) is 58.3 Å². The zero-order chi connectivity index (χ0) is 12.8. The molecule has 0 amide bonds. The molecule has 0 bridgehead atoms. The highest BCUT2D eigenvalue weighted by atomic mass is 14.8. The topological polar surface area (TPSA) is 12.4 Å². The van der Waals surface area contributed by atoms with Gasteiger partial charge in [0.15, 0.2) is 0 Å². The van der Waals surface area contributed by atoms with E-state index in [4.69, 9.17) is 4.99 Å². The Morgan fingerprint density at radius 2 is 1.67 bits per heavy atom. The minimum Gasteiger partial charge on any atom is -0.256 e. The highest BCUT2D eigenvalue weighted by Gasteiger charge is 2.47. The Labute approximate surface area is 110 Å². The van der Waals surface area contributed by atoms with Crippen molar-refractivity contribution in [3.63, 3.8) is 0 Å². The lowest BCUT2D eigenvalue weighted by molar-refractivity contribution is 0.361. The maximum absolute atomic E-state index is 5.02. The molecule has 0 atom stereocenters. The molecule has 1 aromatic rings. The molecule has 1 saturated carbocycles. The average Bonchev–Trinajstić information content (AvgIpc) is 2.66. The highest BCUT2D eigenvalue weighted by Crippen LogP contribution is 2.52. The Morgan fingerprint density at radius 3 is 2.33 bits per heavy atom. The smallest absolute Gasteiger partial charge is 0.0671 e. The first kappa shape index (κ1) is 12.0. The fourth-order valence-corrected chi connectivity index (χ4v) is 3.88. The zero-order valence-electron chi connectivity index (χ0n) is 11.8. The minimum atomic E-state index is 0.177. The molecule has 18 heavy (non-hydrogen) atoms. The van der Waals surface area contributed by atoms with E-state index in [9.17, 15) is 0 Å². The molecule has 1 aliphatic heterocycles. The van der Waals surface area contributed by atoms with Gasteiger partial charge < -0.3 is 0 Å². The monoisotopic (exact) mass is 241 g/mol. The van der Waals surface area contributed by atoms with E-state index in [0.29, 0.717) is 0 Å². The molecule has 1 spiro atoms. The Kier molecular flexibility index (Phi) is 2.62. The first-order valence-corrected chi connectivity index (χ1v) is 7.23. The van der Waals surface area contributed by atoms with Gasteiger partial charge in [0.1, 0.15) is 0 Å².